The summed E-state index contributed by atoms with van der Waals surface area (Å²) >= 11 is 0. The highest BCUT2D eigenvalue weighted by Crippen LogP contribution is 2.38. The zero-order valence-electron chi connectivity index (χ0n) is 19.1. The number of nitrogens with zero attached hydrogens (tertiary/aromatic N) is 1. The molecule has 1 aromatic heterocycles. The van der Waals surface area contributed by atoms with Crippen LogP contribution in [0.2, 0.25) is 0 Å². The fraction of sp³-hybridized carbons (Fsp3) is 0.160. The predicted molar refractivity (Wildman–Crippen MR) is 130 cm³/mol. The van der Waals surface area contributed by atoms with Crippen molar-refractivity contribution >= 4 is 29.4 Å². The lowest BCUT2D eigenvalue weighted by Gasteiger charge is -2.12. The van der Waals surface area contributed by atoms with Gasteiger partial charge in [0.2, 0.25) is 11.7 Å². The average molecular weight is 463 g/mol. The number of nitrogen functional groups attached to an aromatic ring is 1. The molecule has 0 unspecified atom stereocenters. The van der Waals surface area contributed by atoms with E-state index in [4.69, 9.17) is 19.9 Å². The fourth-order valence-electron chi connectivity index (χ4n) is 3.12. The third-order valence-electron chi connectivity index (χ3n) is 4.84. The number of carbonyl (C=O) groups excluding carboxylic acids is 2. The van der Waals surface area contributed by atoms with Crippen LogP contribution >= 0.6 is 0 Å². The highest BCUT2D eigenvalue weighted by Gasteiger charge is 2.12. The molecule has 0 spiro atoms. The van der Waals surface area contributed by atoms with Crippen molar-refractivity contribution in [3.05, 3.63) is 77.5 Å². The van der Waals surface area contributed by atoms with Gasteiger partial charge in [-0.1, -0.05) is 12.1 Å². The third-order valence-corrected chi connectivity index (χ3v) is 4.84. The van der Waals surface area contributed by atoms with Crippen LogP contribution in [0.5, 0.6) is 17.2 Å². The second-order valence-corrected chi connectivity index (χ2v) is 7.13. The van der Waals surface area contributed by atoms with Crippen LogP contribution in [0.1, 0.15) is 21.5 Å². The first-order chi connectivity index (χ1) is 16.4. The Labute approximate surface area is 197 Å². The molecule has 34 heavy (non-hydrogen) atoms. The molecule has 4 N–H and O–H groups in total. The van der Waals surface area contributed by atoms with Crippen LogP contribution in [0.25, 0.3) is 6.08 Å². The standard InChI is InChI=1S/C25H26N4O5/c1-32-20-12-17(13-21(33-2)24(20)34-3)6-9-23(30)28-15-16-4-7-18(8-5-16)25(31)29-19-10-11-27-22(26)14-19/h4-14H,15H2,1-3H3,(H,28,30)(H3,26,27,29,31)/b9-6+. The van der Waals surface area contributed by atoms with Gasteiger partial charge in [0.25, 0.3) is 5.91 Å². The minimum atomic E-state index is -0.272. The third kappa shape index (κ3) is 6.26. The van der Waals surface area contributed by atoms with E-state index in [1.54, 1.807) is 54.6 Å². The Hall–Kier alpha value is -4.53. The molecule has 2 amide bonds. The highest BCUT2D eigenvalue weighted by molar-refractivity contribution is 6.04. The number of amides is 2. The van der Waals surface area contributed by atoms with Crippen molar-refractivity contribution in [3.63, 3.8) is 0 Å². The first-order valence-corrected chi connectivity index (χ1v) is 10.3. The van der Waals surface area contributed by atoms with Crippen molar-refractivity contribution in [2.45, 2.75) is 6.54 Å². The molecule has 0 radical (unpaired) electrons. The quantitative estimate of drug-likeness (QED) is 0.417. The van der Waals surface area contributed by atoms with Gasteiger partial charge in [-0.2, -0.15) is 0 Å². The smallest absolute Gasteiger partial charge is 0.255 e. The number of aromatic nitrogens is 1. The molecule has 0 atom stereocenters. The summed E-state index contributed by atoms with van der Waals surface area (Å²) in [5, 5.41) is 5.57. The molecule has 1 heterocycles. The van der Waals surface area contributed by atoms with Crippen molar-refractivity contribution in [1.29, 1.82) is 0 Å². The maximum atomic E-state index is 12.4. The van der Waals surface area contributed by atoms with Gasteiger partial charge in [-0.05, 0) is 47.5 Å². The molecule has 2 aromatic carbocycles. The van der Waals surface area contributed by atoms with Crippen LogP contribution in [-0.4, -0.2) is 38.1 Å². The lowest BCUT2D eigenvalue weighted by molar-refractivity contribution is -0.116. The summed E-state index contributed by atoms with van der Waals surface area (Å²) in [5.74, 6) is 1.26. The van der Waals surface area contributed by atoms with Crippen LogP contribution in [0, 0.1) is 0 Å². The Bertz CT molecular complexity index is 1170. The minimum Gasteiger partial charge on any atom is -0.493 e. The van der Waals surface area contributed by atoms with Crippen molar-refractivity contribution < 1.29 is 23.8 Å². The van der Waals surface area contributed by atoms with Gasteiger partial charge in [-0.3, -0.25) is 9.59 Å². The van der Waals surface area contributed by atoms with Crippen LogP contribution in [0.15, 0.2) is 60.8 Å². The molecule has 3 aromatic rings. The fourth-order valence-corrected chi connectivity index (χ4v) is 3.12. The van der Waals surface area contributed by atoms with Crippen molar-refractivity contribution in [2.24, 2.45) is 0 Å². The highest BCUT2D eigenvalue weighted by atomic mass is 16.5. The minimum absolute atomic E-state index is 0.269. The Balaban J connectivity index is 1.57. The molecule has 0 aliphatic heterocycles. The molecule has 9 heteroatoms. The number of pyridine rings is 1. The number of hydrogen-bond acceptors (Lipinski definition) is 7. The van der Waals surface area contributed by atoms with Gasteiger partial charge in [-0.25, -0.2) is 4.98 Å². The monoisotopic (exact) mass is 462 g/mol. The second-order valence-electron chi connectivity index (χ2n) is 7.13. The lowest BCUT2D eigenvalue weighted by atomic mass is 10.1. The molecule has 0 fully saturated rings. The number of methoxy groups -OCH3 is 3. The Kier molecular flexibility index (Phi) is 8.07. The zero-order chi connectivity index (χ0) is 24.5. The van der Waals surface area contributed by atoms with E-state index in [0.29, 0.717) is 40.9 Å². The normalized spacial score (nSPS) is 10.6. The molecule has 9 nitrogen and oxygen atoms in total. The van der Waals surface area contributed by atoms with E-state index in [2.05, 4.69) is 15.6 Å². The van der Waals surface area contributed by atoms with Crippen molar-refractivity contribution in [2.75, 3.05) is 32.4 Å². The van der Waals surface area contributed by atoms with E-state index in [-0.39, 0.29) is 11.8 Å². The molecule has 0 aliphatic carbocycles. The van der Waals surface area contributed by atoms with Crippen molar-refractivity contribution in [3.8, 4) is 17.2 Å². The van der Waals surface area contributed by atoms with Gasteiger partial charge < -0.3 is 30.6 Å². The summed E-state index contributed by atoms with van der Waals surface area (Å²) in [7, 11) is 4.59. The first-order valence-electron chi connectivity index (χ1n) is 10.3. The van der Waals surface area contributed by atoms with E-state index in [0.717, 1.165) is 11.1 Å². The van der Waals surface area contributed by atoms with Gasteiger partial charge >= 0.3 is 0 Å². The zero-order valence-corrected chi connectivity index (χ0v) is 19.1. The van der Waals surface area contributed by atoms with Gasteiger partial charge in [0.1, 0.15) is 5.82 Å². The Morgan fingerprint density at radius 1 is 0.971 bits per heavy atom. The predicted octanol–water partition coefficient (Wildman–Crippen LogP) is 3.27. The molecular weight excluding hydrogens is 436 g/mol. The van der Waals surface area contributed by atoms with Crippen LogP contribution < -0.4 is 30.6 Å². The SMILES string of the molecule is COc1cc(/C=C/C(=O)NCc2ccc(C(=O)Nc3ccnc(N)c3)cc2)cc(OC)c1OC. The average Bonchev–Trinajstić information content (AvgIpc) is 2.85. The van der Waals surface area contributed by atoms with E-state index in [1.807, 2.05) is 0 Å². The second kappa shape index (κ2) is 11.4. The van der Waals surface area contributed by atoms with E-state index in [1.165, 1.54) is 33.6 Å². The van der Waals surface area contributed by atoms with E-state index in [9.17, 15) is 9.59 Å². The Morgan fingerprint density at radius 3 is 2.24 bits per heavy atom. The lowest BCUT2D eigenvalue weighted by Crippen LogP contribution is -2.20. The van der Waals surface area contributed by atoms with Crippen LogP contribution in [0.4, 0.5) is 11.5 Å². The summed E-state index contributed by atoms with van der Waals surface area (Å²) in [6.07, 6.45) is 4.59. The number of anilines is 2. The maximum Gasteiger partial charge on any atom is 0.255 e. The van der Waals surface area contributed by atoms with E-state index < -0.39 is 0 Å². The summed E-state index contributed by atoms with van der Waals surface area (Å²) in [6.45, 7) is 0.307. The number of ether oxygens (including phenoxy) is 3. The molecule has 0 saturated carbocycles. The van der Waals surface area contributed by atoms with E-state index >= 15 is 0 Å². The summed E-state index contributed by atoms with van der Waals surface area (Å²) in [4.78, 5) is 28.5. The number of carbonyl (C=O) groups is 2. The molecule has 3 rings (SSSR count). The van der Waals surface area contributed by atoms with Gasteiger partial charge in [0, 0.05) is 36.1 Å². The van der Waals surface area contributed by atoms with Gasteiger partial charge in [-0.15, -0.1) is 0 Å². The first kappa shape index (κ1) is 24.1. The largest absolute Gasteiger partial charge is 0.493 e. The molecule has 0 bridgehead atoms. The molecule has 176 valence electrons. The summed E-state index contributed by atoms with van der Waals surface area (Å²) in [5.41, 5.74) is 8.23. The number of nitrogens with two attached hydrogens (primary N) is 1. The molecule has 0 saturated heterocycles. The number of rotatable bonds is 9. The number of hydrogen-bond donors (Lipinski definition) is 3. The van der Waals surface area contributed by atoms with Gasteiger partial charge in [0.05, 0.1) is 21.3 Å². The Morgan fingerprint density at radius 2 is 1.65 bits per heavy atom. The summed E-state index contributed by atoms with van der Waals surface area (Å²) in [6, 6.07) is 13.7. The summed E-state index contributed by atoms with van der Waals surface area (Å²) < 4.78 is 15.9. The van der Waals surface area contributed by atoms with Crippen LogP contribution in [-0.2, 0) is 11.3 Å². The number of benzene rings is 2. The topological polar surface area (TPSA) is 125 Å². The van der Waals surface area contributed by atoms with Crippen LogP contribution in [0.3, 0.4) is 0 Å². The van der Waals surface area contributed by atoms with Crippen molar-refractivity contribution in [1.82, 2.24) is 10.3 Å². The van der Waals surface area contributed by atoms with Gasteiger partial charge in [0.15, 0.2) is 11.5 Å². The number of nitrogens with one attached hydrogen (secondary N) is 2. The molecular formula is C25H26N4O5. The maximum absolute atomic E-state index is 12.4. The molecule has 0 aliphatic rings.